The number of ether oxygens (including phenoxy) is 1. The molecule has 2 N–H and O–H groups in total. The molecule has 1 amide bonds. The number of aliphatic carboxylic acids is 1. The van der Waals surface area contributed by atoms with Gasteiger partial charge in [0.25, 0.3) is 5.91 Å². The molecule has 1 heterocycles. The van der Waals surface area contributed by atoms with Crippen molar-refractivity contribution in [2.75, 3.05) is 5.32 Å². The summed E-state index contributed by atoms with van der Waals surface area (Å²) in [6, 6.07) is 7.40. The number of carbonyl (C=O) groups excluding carboxylic acids is 1. The second kappa shape index (κ2) is 6.74. The van der Waals surface area contributed by atoms with Gasteiger partial charge >= 0.3 is 5.97 Å². The zero-order valence-corrected chi connectivity index (χ0v) is 14.1. The van der Waals surface area contributed by atoms with Crippen molar-refractivity contribution in [1.82, 2.24) is 9.78 Å². The van der Waals surface area contributed by atoms with E-state index in [-0.39, 0.29) is 5.91 Å². The van der Waals surface area contributed by atoms with Crippen molar-refractivity contribution >= 4 is 17.6 Å². The van der Waals surface area contributed by atoms with Crippen LogP contribution in [0, 0.1) is 6.92 Å². The minimum absolute atomic E-state index is 0.344. The highest BCUT2D eigenvalue weighted by Crippen LogP contribution is 2.18. The number of nitrogens with one attached hydrogen (secondary N) is 1. The average Bonchev–Trinajstić information content (AvgIpc) is 2.98. The van der Waals surface area contributed by atoms with Crippen LogP contribution in [0.1, 0.15) is 26.3 Å². The summed E-state index contributed by atoms with van der Waals surface area (Å²) in [7, 11) is 0. The number of amides is 1. The van der Waals surface area contributed by atoms with E-state index in [0.29, 0.717) is 11.4 Å². The molecule has 1 atom stereocenters. The van der Waals surface area contributed by atoms with Crippen LogP contribution < -0.4 is 10.1 Å². The number of hydrogen-bond acceptors (Lipinski definition) is 4. The van der Waals surface area contributed by atoms with Crippen LogP contribution in [0.3, 0.4) is 0 Å². The van der Waals surface area contributed by atoms with Gasteiger partial charge in [0.1, 0.15) is 5.75 Å². The van der Waals surface area contributed by atoms with E-state index in [9.17, 15) is 14.7 Å². The fraction of sp³-hybridized carbons (Fsp3) is 0.353. The molecule has 128 valence electrons. The molecule has 0 spiro atoms. The van der Waals surface area contributed by atoms with Crippen LogP contribution in [0.2, 0.25) is 0 Å². The molecule has 0 fully saturated rings. The first-order valence-corrected chi connectivity index (χ1v) is 7.53. The number of aryl methyl sites for hydroxylation is 1. The summed E-state index contributed by atoms with van der Waals surface area (Å²) in [5.74, 6) is -0.756. The van der Waals surface area contributed by atoms with Crippen molar-refractivity contribution in [3.63, 3.8) is 0 Å². The second-order valence-corrected chi connectivity index (χ2v) is 6.10. The lowest BCUT2D eigenvalue weighted by atomic mass is 10.1. The molecule has 0 saturated carbocycles. The summed E-state index contributed by atoms with van der Waals surface area (Å²) in [6.07, 6.45) is 2.18. The Morgan fingerprint density at radius 2 is 1.92 bits per heavy atom. The van der Waals surface area contributed by atoms with Gasteiger partial charge in [0.2, 0.25) is 0 Å². The second-order valence-electron chi connectivity index (χ2n) is 6.10. The predicted molar refractivity (Wildman–Crippen MR) is 89.1 cm³/mol. The van der Waals surface area contributed by atoms with E-state index in [1.54, 1.807) is 19.1 Å². The van der Waals surface area contributed by atoms with Crippen LogP contribution in [0.25, 0.3) is 0 Å². The number of anilines is 1. The molecule has 2 aromatic rings. The van der Waals surface area contributed by atoms with Gasteiger partial charge in [-0.3, -0.25) is 9.48 Å². The van der Waals surface area contributed by atoms with E-state index in [0.717, 1.165) is 5.56 Å². The van der Waals surface area contributed by atoms with Gasteiger partial charge in [-0.25, -0.2) is 4.79 Å². The van der Waals surface area contributed by atoms with Crippen LogP contribution in [0.4, 0.5) is 5.69 Å². The van der Waals surface area contributed by atoms with Crippen LogP contribution in [-0.4, -0.2) is 32.9 Å². The lowest BCUT2D eigenvalue weighted by Crippen LogP contribution is -2.36. The number of hydrogen-bond donors (Lipinski definition) is 2. The Balaban J connectivity index is 2.00. The predicted octanol–water partition coefficient (Wildman–Crippen LogP) is 2.42. The molecule has 0 aliphatic carbocycles. The van der Waals surface area contributed by atoms with E-state index in [1.165, 1.54) is 30.9 Å². The Kier molecular flexibility index (Phi) is 4.92. The summed E-state index contributed by atoms with van der Waals surface area (Å²) in [5.41, 5.74) is 0.314. The standard InChI is InChI=1S/C17H21N3O4/c1-11-5-7-14(8-6-11)24-12(2)15(21)19-13-9-18-20(10-13)17(3,4)16(22)23/h5-10,12H,1-4H3,(H,19,21)(H,22,23). The highest BCUT2D eigenvalue weighted by molar-refractivity contribution is 5.93. The summed E-state index contributed by atoms with van der Waals surface area (Å²) in [6.45, 7) is 6.66. The number of nitrogens with zero attached hydrogens (tertiary/aromatic N) is 2. The normalized spacial score (nSPS) is 12.5. The van der Waals surface area contributed by atoms with Gasteiger partial charge < -0.3 is 15.2 Å². The fourth-order valence-electron chi connectivity index (χ4n) is 1.91. The first-order chi connectivity index (χ1) is 11.2. The maximum Gasteiger partial charge on any atom is 0.331 e. The van der Waals surface area contributed by atoms with E-state index in [1.807, 2.05) is 19.1 Å². The Bertz CT molecular complexity index is 735. The van der Waals surface area contributed by atoms with Crippen LogP contribution in [0.5, 0.6) is 5.75 Å². The Morgan fingerprint density at radius 1 is 1.29 bits per heavy atom. The van der Waals surface area contributed by atoms with E-state index < -0.39 is 17.6 Å². The molecule has 1 aromatic carbocycles. The summed E-state index contributed by atoms with van der Waals surface area (Å²) >= 11 is 0. The van der Waals surface area contributed by atoms with Gasteiger partial charge in [-0.2, -0.15) is 5.10 Å². The van der Waals surface area contributed by atoms with Crippen molar-refractivity contribution < 1.29 is 19.4 Å². The van der Waals surface area contributed by atoms with E-state index in [4.69, 9.17) is 4.74 Å². The molecule has 0 aliphatic rings. The van der Waals surface area contributed by atoms with Crippen LogP contribution in [-0.2, 0) is 15.1 Å². The van der Waals surface area contributed by atoms with Crippen molar-refractivity contribution in [2.24, 2.45) is 0 Å². The van der Waals surface area contributed by atoms with Gasteiger partial charge in [-0.1, -0.05) is 17.7 Å². The zero-order valence-electron chi connectivity index (χ0n) is 14.1. The minimum atomic E-state index is -1.20. The quantitative estimate of drug-likeness (QED) is 0.848. The molecule has 1 unspecified atom stereocenters. The lowest BCUT2D eigenvalue weighted by molar-refractivity contribution is -0.146. The Hall–Kier alpha value is -2.83. The molecule has 2 rings (SSSR count). The fourth-order valence-corrected chi connectivity index (χ4v) is 1.91. The third-order valence-electron chi connectivity index (χ3n) is 3.65. The SMILES string of the molecule is Cc1ccc(OC(C)C(=O)Nc2cnn(C(C)(C)C(=O)O)c2)cc1. The van der Waals surface area contributed by atoms with Gasteiger partial charge in [0.05, 0.1) is 11.9 Å². The first-order valence-electron chi connectivity index (χ1n) is 7.53. The maximum atomic E-state index is 12.2. The number of benzene rings is 1. The van der Waals surface area contributed by atoms with Gasteiger partial charge in [-0.05, 0) is 39.8 Å². The number of carbonyl (C=O) groups is 2. The van der Waals surface area contributed by atoms with Crippen molar-refractivity contribution in [1.29, 1.82) is 0 Å². The summed E-state index contributed by atoms with van der Waals surface area (Å²) in [5, 5.41) is 15.8. The highest BCUT2D eigenvalue weighted by atomic mass is 16.5. The molecule has 0 radical (unpaired) electrons. The van der Waals surface area contributed by atoms with Crippen molar-refractivity contribution in [3.05, 3.63) is 42.2 Å². The number of carboxylic acid groups (broad SMARTS) is 1. The van der Waals surface area contributed by atoms with Crippen molar-refractivity contribution in [2.45, 2.75) is 39.3 Å². The number of rotatable bonds is 6. The largest absolute Gasteiger partial charge is 0.481 e. The molecule has 0 aliphatic heterocycles. The third-order valence-corrected chi connectivity index (χ3v) is 3.65. The highest BCUT2D eigenvalue weighted by Gasteiger charge is 2.30. The minimum Gasteiger partial charge on any atom is -0.481 e. The van der Waals surface area contributed by atoms with E-state index >= 15 is 0 Å². The maximum absolute atomic E-state index is 12.2. The number of aromatic nitrogens is 2. The smallest absolute Gasteiger partial charge is 0.331 e. The Morgan fingerprint density at radius 3 is 2.50 bits per heavy atom. The molecule has 0 saturated heterocycles. The average molecular weight is 331 g/mol. The molecule has 7 nitrogen and oxygen atoms in total. The molecular weight excluding hydrogens is 310 g/mol. The lowest BCUT2D eigenvalue weighted by Gasteiger charge is -2.19. The summed E-state index contributed by atoms with van der Waals surface area (Å²) in [4.78, 5) is 23.4. The van der Waals surface area contributed by atoms with E-state index in [2.05, 4.69) is 10.4 Å². The van der Waals surface area contributed by atoms with Crippen LogP contribution >= 0.6 is 0 Å². The Labute approximate surface area is 140 Å². The van der Waals surface area contributed by atoms with Gasteiger partial charge in [0.15, 0.2) is 11.6 Å². The molecular formula is C17H21N3O4. The van der Waals surface area contributed by atoms with Gasteiger partial charge in [0, 0.05) is 6.20 Å². The molecule has 7 heteroatoms. The van der Waals surface area contributed by atoms with Crippen molar-refractivity contribution in [3.8, 4) is 5.75 Å². The zero-order chi connectivity index (χ0) is 17.9. The first kappa shape index (κ1) is 17.5. The van der Waals surface area contributed by atoms with Gasteiger partial charge in [-0.15, -0.1) is 0 Å². The number of carboxylic acids is 1. The molecule has 0 bridgehead atoms. The molecule has 24 heavy (non-hydrogen) atoms. The third kappa shape index (κ3) is 3.92. The monoisotopic (exact) mass is 331 g/mol. The molecule has 1 aromatic heterocycles. The summed E-state index contributed by atoms with van der Waals surface area (Å²) < 4.78 is 6.87. The van der Waals surface area contributed by atoms with Crippen LogP contribution in [0.15, 0.2) is 36.7 Å². The topological polar surface area (TPSA) is 93.5 Å².